The van der Waals surface area contributed by atoms with Crippen LogP contribution in [0.1, 0.15) is 77.6 Å². The quantitative estimate of drug-likeness (QED) is 0.374. The molecular formula is C18H36O5. The summed E-state index contributed by atoms with van der Waals surface area (Å²) in [5.74, 6) is -0.892. The molecule has 0 amide bonds. The van der Waals surface area contributed by atoms with Gasteiger partial charge in [0.2, 0.25) is 0 Å². The summed E-state index contributed by atoms with van der Waals surface area (Å²) >= 11 is 0. The molecule has 0 aromatic rings. The number of hydrogen-bond acceptors (Lipinski definition) is 4. The third kappa shape index (κ3) is 19.3. The van der Waals surface area contributed by atoms with Gasteiger partial charge < -0.3 is 19.7 Å². The van der Waals surface area contributed by atoms with E-state index in [9.17, 15) is 9.90 Å². The van der Waals surface area contributed by atoms with E-state index in [1.807, 2.05) is 0 Å². The predicted molar refractivity (Wildman–Crippen MR) is 91.7 cm³/mol. The molecular weight excluding hydrogens is 296 g/mol. The van der Waals surface area contributed by atoms with Gasteiger partial charge in [0.05, 0.1) is 26.2 Å². The highest BCUT2D eigenvalue weighted by Crippen LogP contribution is 2.10. The van der Waals surface area contributed by atoms with Crippen molar-refractivity contribution in [2.75, 3.05) is 26.4 Å². The molecule has 0 bridgehead atoms. The number of hydrogen-bond donors (Lipinski definition) is 2. The Hall–Kier alpha value is -0.650. The van der Waals surface area contributed by atoms with Crippen LogP contribution in [-0.4, -0.2) is 48.7 Å². The van der Waals surface area contributed by atoms with Gasteiger partial charge in [0.1, 0.15) is 6.10 Å². The molecule has 138 valence electrons. The fourth-order valence-corrected chi connectivity index (χ4v) is 2.34. The number of rotatable bonds is 18. The van der Waals surface area contributed by atoms with Crippen LogP contribution in [0.25, 0.3) is 0 Å². The molecule has 5 heteroatoms. The maximum absolute atomic E-state index is 10.3. The number of carboxylic acid groups (broad SMARTS) is 1. The first-order chi connectivity index (χ1) is 11.2. The Balaban J connectivity index is 3.13. The minimum Gasteiger partial charge on any atom is -0.481 e. The molecule has 1 atom stereocenters. The first kappa shape index (κ1) is 22.4. The zero-order chi connectivity index (χ0) is 17.2. The van der Waals surface area contributed by atoms with Gasteiger partial charge in [-0.1, -0.05) is 64.7 Å². The van der Waals surface area contributed by atoms with E-state index < -0.39 is 12.1 Å². The van der Waals surface area contributed by atoms with Crippen LogP contribution in [-0.2, 0) is 14.3 Å². The molecule has 0 aliphatic heterocycles. The molecule has 0 fully saturated rings. The highest BCUT2D eigenvalue weighted by molar-refractivity contribution is 5.66. The summed E-state index contributed by atoms with van der Waals surface area (Å²) in [4.78, 5) is 10.3. The largest absolute Gasteiger partial charge is 0.481 e. The summed E-state index contributed by atoms with van der Waals surface area (Å²) in [5.41, 5.74) is 0. The van der Waals surface area contributed by atoms with Gasteiger partial charge in [0, 0.05) is 6.61 Å². The van der Waals surface area contributed by atoms with Gasteiger partial charge in [0.15, 0.2) is 0 Å². The first-order valence-electron chi connectivity index (χ1n) is 9.22. The van der Waals surface area contributed by atoms with Crippen LogP contribution in [0.4, 0.5) is 0 Å². The summed E-state index contributed by atoms with van der Waals surface area (Å²) in [5, 5.41) is 18.0. The van der Waals surface area contributed by atoms with E-state index >= 15 is 0 Å². The minimum absolute atomic E-state index is 0.0355. The molecule has 0 aromatic heterocycles. The van der Waals surface area contributed by atoms with Crippen molar-refractivity contribution in [3.8, 4) is 0 Å². The summed E-state index contributed by atoms with van der Waals surface area (Å²) in [6, 6.07) is 0. The maximum Gasteiger partial charge on any atom is 0.305 e. The molecule has 0 saturated heterocycles. The highest BCUT2D eigenvalue weighted by atomic mass is 16.5. The molecule has 0 rings (SSSR count). The van der Waals surface area contributed by atoms with E-state index in [1.54, 1.807) is 0 Å². The van der Waals surface area contributed by atoms with E-state index in [1.165, 1.54) is 57.8 Å². The van der Waals surface area contributed by atoms with Crippen molar-refractivity contribution in [3.05, 3.63) is 0 Å². The van der Waals surface area contributed by atoms with Gasteiger partial charge in [-0.15, -0.1) is 0 Å². The number of carbonyl (C=O) groups is 1. The Bertz CT molecular complexity index is 258. The maximum atomic E-state index is 10.3. The van der Waals surface area contributed by atoms with Crippen LogP contribution in [0.5, 0.6) is 0 Å². The second kappa shape index (κ2) is 17.7. The number of unbranched alkanes of at least 4 members (excludes halogenated alkanes) is 9. The van der Waals surface area contributed by atoms with Crippen molar-refractivity contribution in [1.29, 1.82) is 0 Å². The van der Waals surface area contributed by atoms with Gasteiger partial charge in [-0.3, -0.25) is 4.79 Å². The lowest BCUT2D eigenvalue weighted by Gasteiger charge is -2.11. The van der Waals surface area contributed by atoms with Crippen LogP contribution >= 0.6 is 0 Å². The summed E-state index contributed by atoms with van der Waals surface area (Å²) in [6.07, 6.45) is 12.2. The zero-order valence-electron chi connectivity index (χ0n) is 14.8. The molecule has 5 nitrogen and oxygen atoms in total. The lowest BCUT2D eigenvalue weighted by molar-refractivity contribution is -0.138. The molecule has 23 heavy (non-hydrogen) atoms. The van der Waals surface area contributed by atoms with Crippen molar-refractivity contribution in [2.45, 2.75) is 83.7 Å². The number of ether oxygens (including phenoxy) is 2. The van der Waals surface area contributed by atoms with Crippen molar-refractivity contribution >= 4 is 5.97 Å². The van der Waals surface area contributed by atoms with Crippen LogP contribution in [0.3, 0.4) is 0 Å². The highest BCUT2D eigenvalue weighted by Gasteiger charge is 2.05. The average Bonchev–Trinajstić information content (AvgIpc) is 2.52. The summed E-state index contributed by atoms with van der Waals surface area (Å²) in [7, 11) is 0. The molecule has 0 aliphatic carbocycles. The lowest BCUT2D eigenvalue weighted by Crippen LogP contribution is -2.22. The van der Waals surface area contributed by atoms with Gasteiger partial charge >= 0.3 is 5.97 Å². The standard InChI is InChI=1S/C18H36O5/c1-2-3-4-5-6-7-8-9-10-11-13-22-15-17(19)16-23-14-12-18(20)21/h17,19H,2-16H2,1H3,(H,20,21). The number of carboxylic acids is 1. The van der Waals surface area contributed by atoms with Crippen LogP contribution in [0.15, 0.2) is 0 Å². The zero-order valence-corrected chi connectivity index (χ0v) is 14.8. The molecule has 0 aromatic carbocycles. The van der Waals surface area contributed by atoms with Crippen LogP contribution in [0, 0.1) is 0 Å². The monoisotopic (exact) mass is 332 g/mol. The van der Waals surface area contributed by atoms with E-state index in [-0.39, 0.29) is 26.2 Å². The topological polar surface area (TPSA) is 76.0 Å². The van der Waals surface area contributed by atoms with Crippen LogP contribution < -0.4 is 0 Å². The lowest BCUT2D eigenvalue weighted by atomic mass is 10.1. The van der Waals surface area contributed by atoms with E-state index in [4.69, 9.17) is 14.6 Å². The second-order valence-corrected chi connectivity index (χ2v) is 6.13. The average molecular weight is 332 g/mol. The normalized spacial score (nSPS) is 12.4. The number of aliphatic carboxylic acids is 1. The fourth-order valence-electron chi connectivity index (χ4n) is 2.34. The van der Waals surface area contributed by atoms with Gasteiger partial charge in [-0.05, 0) is 6.42 Å². The molecule has 0 saturated carbocycles. The van der Waals surface area contributed by atoms with E-state index in [0.717, 1.165) is 6.42 Å². The number of aliphatic hydroxyl groups is 1. The van der Waals surface area contributed by atoms with Gasteiger partial charge in [-0.2, -0.15) is 0 Å². The fraction of sp³-hybridized carbons (Fsp3) is 0.944. The Morgan fingerprint density at radius 3 is 1.83 bits per heavy atom. The Morgan fingerprint density at radius 1 is 0.826 bits per heavy atom. The second-order valence-electron chi connectivity index (χ2n) is 6.13. The van der Waals surface area contributed by atoms with Crippen LogP contribution in [0.2, 0.25) is 0 Å². The summed E-state index contributed by atoms with van der Waals surface area (Å²) < 4.78 is 10.5. The molecule has 0 heterocycles. The molecule has 0 radical (unpaired) electrons. The van der Waals surface area contributed by atoms with E-state index in [2.05, 4.69) is 6.92 Å². The number of aliphatic hydroxyl groups excluding tert-OH is 1. The molecule has 1 unspecified atom stereocenters. The van der Waals surface area contributed by atoms with Gasteiger partial charge in [0.25, 0.3) is 0 Å². The third-order valence-electron chi connectivity index (χ3n) is 3.72. The Morgan fingerprint density at radius 2 is 1.30 bits per heavy atom. The van der Waals surface area contributed by atoms with Gasteiger partial charge in [-0.25, -0.2) is 0 Å². The van der Waals surface area contributed by atoms with Crippen molar-refractivity contribution < 1.29 is 24.5 Å². The summed E-state index contributed by atoms with van der Waals surface area (Å²) in [6.45, 7) is 3.43. The Labute approximate surface area is 141 Å². The van der Waals surface area contributed by atoms with Crippen molar-refractivity contribution in [1.82, 2.24) is 0 Å². The SMILES string of the molecule is CCCCCCCCCCCCOCC(O)COCCC(=O)O. The Kier molecular flexibility index (Phi) is 17.2. The van der Waals surface area contributed by atoms with Crippen molar-refractivity contribution in [3.63, 3.8) is 0 Å². The molecule has 2 N–H and O–H groups in total. The first-order valence-corrected chi connectivity index (χ1v) is 9.22. The molecule has 0 aliphatic rings. The predicted octanol–water partition coefficient (Wildman–Crippen LogP) is 3.78. The third-order valence-corrected chi connectivity index (χ3v) is 3.72. The minimum atomic E-state index is -0.892. The smallest absolute Gasteiger partial charge is 0.305 e. The van der Waals surface area contributed by atoms with Crippen molar-refractivity contribution in [2.24, 2.45) is 0 Å². The molecule has 0 spiro atoms. The van der Waals surface area contributed by atoms with E-state index in [0.29, 0.717) is 6.61 Å².